The maximum atomic E-state index is 10.0. The van der Waals surface area contributed by atoms with E-state index in [1.807, 2.05) is 13.8 Å². The molecule has 42 valence electrons. The summed E-state index contributed by atoms with van der Waals surface area (Å²) in [7, 11) is 0. The van der Waals surface area contributed by atoms with E-state index in [2.05, 4.69) is 6.72 Å². The first-order valence-corrected chi connectivity index (χ1v) is 2.91. The van der Waals surface area contributed by atoms with Crippen molar-refractivity contribution in [2.45, 2.75) is 19.1 Å². The molecule has 0 aliphatic rings. The number of hydrogen-bond donors (Lipinski definition) is 0. The zero-order chi connectivity index (χ0) is 5.86. The first kappa shape index (κ1) is 6.82. The Bertz CT molecular complexity index is 72.1. The Kier molecular flexibility index (Phi) is 2.83. The monoisotopic (exact) mass is 119 g/mol. The topological polar surface area (TPSA) is 26.1 Å². The normalized spacial score (nSPS) is 9.57. The van der Waals surface area contributed by atoms with Crippen molar-refractivity contribution in [3.8, 4) is 0 Å². The first-order chi connectivity index (χ1) is 3.13. The fourth-order valence-electron chi connectivity index (χ4n) is 0.235. The molecule has 0 atom stereocenters. The largest absolute Gasteiger partial charge is 0.611 e. The Labute approximate surface area is 47.9 Å². The Morgan fingerprint density at radius 3 is 2.14 bits per heavy atom. The van der Waals surface area contributed by atoms with Crippen LogP contribution in [0.5, 0.6) is 0 Å². The van der Waals surface area contributed by atoms with Crippen LogP contribution in [0.4, 0.5) is 0 Å². The van der Waals surface area contributed by atoms with Crippen molar-refractivity contribution in [1.29, 1.82) is 0 Å². The predicted molar refractivity (Wildman–Crippen MR) is 33.5 cm³/mol. The SMILES string of the molecule is C=[N+]([O-])SC(C)C. The molecule has 0 aromatic heterocycles. The number of nitrogens with zero attached hydrogens (tertiary/aromatic N) is 1. The van der Waals surface area contributed by atoms with Crippen LogP contribution in [0.25, 0.3) is 0 Å². The molecule has 0 N–H and O–H groups in total. The zero-order valence-corrected chi connectivity index (χ0v) is 5.36. The third-order valence-electron chi connectivity index (χ3n) is 0.328. The van der Waals surface area contributed by atoms with Crippen LogP contribution in [0.15, 0.2) is 0 Å². The molecule has 0 amide bonds. The van der Waals surface area contributed by atoms with Crippen LogP contribution in [0.2, 0.25) is 0 Å². The summed E-state index contributed by atoms with van der Waals surface area (Å²) in [5.74, 6) is 0. The highest BCUT2D eigenvalue weighted by Crippen LogP contribution is 2.06. The average molecular weight is 119 g/mol. The van der Waals surface area contributed by atoms with E-state index < -0.39 is 0 Å². The molecule has 0 aromatic rings. The van der Waals surface area contributed by atoms with Crippen LogP contribution in [0.3, 0.4) is 0 Å². The molecule has 0 aliphatic heterocycles. The average Bonchev–Trinajstić information content (AvgIpc) is 1.27. The summed E-state index contributed by atoms with van der Waals surface area (Å²) in [6.07, 6.45) is 0. The molecule has 2 nitrogen and oxygen atoms in total. The summed E-state index contributed by atoms with van der Waals surface area (Å²) in [4.78, 5) is 0. The lowest BCUT2D eigenvalue weighted by molar-refractivity contribution is -0.247. The van der Waals surface area contributed by atoms with Crippen LogP contribution in [-0.4, -0.2) is 16.1 Å². The number of rotatable bonds is 2. The molecule has 0 unspecified atom stereocenters. The number of hydrogen-bond acceptors (Lipinski definition) is 2. The molecule has 7 heavy (non-hydrogen) atoms. The maximum Gasteiger partial charge on any atom is 0.173 e. The van der Waals surface area contributed by atoms with Gasteiger partial charge in [-0.25, -0.2) is 0 Å². The Hall–Kier alpha value is -0.180. The molecule has 0 bridgehead atoms. The van der Waals surface area contributed by atoms with Crippen LogP contribution in [-0.2, 0) is 0 Å². The lowest BCUT2D eigenvalue weighted by Gasteiger charge is -1.98. The van der Waals surface area contributed by atoms with Gasteiger partial charge >= 0.3 is 0 Å². The summed E-state index contributed by atoms with van der Waals surface area (Å²) in [6.45, 7) is 7.01. The smallest absolute Gasteiger partial charge is 0.173 e. The third kappa shape index (κ3) is 5.82. The van der Waals surface area contributed by atoms with Crippen LogP contribution < -0.4 is 0 Å². The highest BCUT2D eigenvalue weighted by atomic mass is 32.2. The molecular formula is C4H9NOS. The van der Waals surface area contributed by atoms with E-state index in [4.69, 9.17) is 0 Å². The molecule has 0 saturated carbocycles. The third-order valence-corrected chi connectivity index (χ3v) is 0.985. The minimum Gasteiger partial charge on any atom is -0.611 e. The molecule has 0 aromatic carbocycles. The van der Waals surface area contributed by atoms with Crippen molar-refractivity contribution >= 4 is 18.7 Å². The molecule has 0 spiro atoms. The van der Waals surface area contributed by atoms with E-state index in [0.717, 1.165) is 0 Å². The molecule has 0 aliphatic carbocycles. The van der Waals surface area contributed by atoms with Crippen molar-refractivity contribution in [2.75, 3.05) is 0 Å². The summed E-state index contributed by atoms with van der Waals surface area (Å²) >= 11 is 1.18. The van der Waals surface area contributed by atoms with E-state index in [-0.39, 0.29) is 0 Å². The van der Waals surface area contributed by atoms with Crippen LogP contribution in [0.1, 0.15) is 13.8 Å². The van der Waals surface area contributed by atoms with Crippen molar-refractivity contribution in [3.63, 3.8) is 0 Å². The van der Waals surface area contributed by atoms with Gasteiger partial charge in [-0.2, -0.15) is 0 Å². The van der Waals surface area contributed by atoms with E-state index in [9.17, 15) is 5.21 Å². The maximum absolute atomic E-state index is 10.0. The standard InChI is InChI=1S/C4H9NOS/c1-4(2)7-5(3)6/h4H,3H2,1-2H3. The van der Waals surface area contributed by atoms with Gasteiger partial charge in [-0.15, -0.1) is 4.14 Å². The van der Waals surface area contributed by atoms with Crippen molar-refractivity contribution in [2.24, 2.45) is 0 Å². The molecular weight excluding hydrogens is 110 g/mol. The van der Waals surface area contributed by atoms with Gasteiger partial charge in [0, 0.05) is 0 Å². The van der Waals surface area contributed by atoms with Crippen molar-refractivity contribution < 1.29 is 4.14 Å². The second kappa shape index (κ2) is 2.91. The summed E-state index contributed by atoms with van der Waals surface area (Å²) in [5.41, 5.74) is 0. The Balaban J connectivity index is 3.13. The minimum absolute atomic E-state index is 0.343. The van der Waals surface area contributed by atoms with Gasteiger partial charge in [0.2, 0.25) is 0 Å². The molecule has 0 radical (unpaired) electrons. The summed E-state index contributed by atoms with van der Waals surface area (Å²) in [6, 6.07) is 0. The minimum atomic E-state index is 0.343. The lowest BCUT2D eigenvalue weighted by Crippen LogP contribution is -1.93. The van der Waals surface area contributed by atoms with Crippen molar-refractivity contribution in [3.05, 3.63) is 5.21 Å². The van der Waals surface area contributed by atoms with Gasteiger partial charge in [0.25, 0.3) is 0 Å². The second-order valence-corrected chi connectivity index (χ2v) is 3.05. The Morgan fingerprint density at radius 1 is 1.71 bits per heavy atom. The molecule has 3 heteroatoms. The van der Waals surface area contributed by atoms with Gasteiger partial charge in [-0.1, -0.05) is 0 Å². The van der Waals surface area contributed by atoms with Gasteiger partial charge in [0.05, 0.1) is 5.25 Å². The Morgan fingerprint density at radius 2 is 2.14 bits per heavy atom. The van der Waals surface area contributed by atoms with Crippen LogP contribution >= 0.6 is 11.9 Å². The van der Waals surface area contributed by atoms with Gasteiger partial charge in [-0.3, -0.25) is 0 Å². The molecule has 0 rings (SSSR count). The van der Waals surface area contributed by atoms with E-state index in [0.29, 0.717) is 9.39 Å². The zero-order valence-electron chi connectivity index (χ0n) is 4.55. The summed E-state index contributed by atoms with van der Waals surface area (Å²) in [5, 5.41) is 10.4. The fourth-order valence-corrected chi connectivity index (χ4v) is 0.705. The lowest BCUT2D eigenvalue weighted by atomic mass is 10.6. The van der Waals surface area contributed by atoms with Gasteiger partial charge < -0.3 is 5.21 Å². The quantitative estimate of drug-likeness (QED) is 0.180. The molecule has 0 fully saturated rings. The van der Waals surface area contributed by atoms with Crippen molar-refractivity contribution in [1.82, 2.24) is 0 Å². The molecule has 0 saturated heterocycles. The predicted octanol–water partition coefficient (Wildman–Crippen LogP) is 1.25. The summed E-state index contributed by atoms with van der Waals surface area (Å²) < 4.78 is 0.616. The van der Waals surface area contributed by atoms with E-state index >= 15 is 0 Å². The first-order valence-electron chi connectivity index (χ1n) is 2.07. The van der Waals surface area contributed by atoms with Gasteiger partial charge in [0.1, 0.15) is 0 Å². The van der Waals surface area contributed by atoms with Crippen LogP contribution in [0, 0.1) is 5.21 Å². The second-order valence-electron chi connectivity index (χ2n) is 1.49. The highest BCUT2D eigenvalue weighted by Gasteiger charge is 1.97. The van der Waals surface area contributed by atoms with E-state index in [1.165, 1.54) is 11.9 Å². The van der Waals surface area contributed by atoms with Gasteiger partial charge in [-0.05, 0) is 13.8 Å². The fraction of sp³-hybridized carbons (Fsp3) is 0.750. The van der Waals surface area contributed by atoms with E-state index in [1.54, 1.807) is 0 Å². The van der Waals surface area contributed by atoms with Gasteiger partial charge in [0.15, 0.2) is 18.7 Å². The highest BCUT2D eigenvalue weighted by molar-refractivity contribution is 7.94. The molecule has 0 heterocycles.